The highest BCUT2D eigenvalue weighted by Gasteiger charge is 2.35. The summed E-state index contributed by atoms with van der Waals surface area (Å²) in [6.07, 6.45) is 4.63. The number of hydrogen-bond acceptors (Lipinski definition) is 9. The third-order valence-electron chi connectivity index (χ3n) is 6.50. The molecule has 0 radical (unpaired) electrons. The molecular weight excluding hydrogens is 544 g/mol. The fraction of sp³-hybridized carbons (Fsp3) is 0.323. The van der Waals surface area contributed by atoms with Crippen LogP contribution < -0.4 is 24.4 Å². The number of nitrogens with zero attached hydrogens (tertiary/aromatic N) is 2. The highest BCUT2D eigenvalue weighted by molar-refractivity contribution is 7.07. The number of phenols is 1. The van der Waals surface area contributed by atoms with Gasteiger partial charge >= 0.3 is 5.97 Å². The van der Waals surface area contributed by atoms with Crippen LogP contribution in [0.1, 0.15) is 43.0 Å². The van der Waals surface area contributed by atoms with E-state index in [0.717, 1.165) is 6.42 Å². The van der Waals surface area contributed by atoms with Crippen LogP contribution in [-0.2, 0) is 20.7 Å². The lowest BCUT2D eigenvalue weighted by atomic mass is 9.95. The molecule has 0 unspecified atom stereocenters. The second-order valence-electron chi connectivity index (χ2n) is 9.32. The van der Waals surface area contributed by atoms with E-state index < -0.39 is 12.0 Å². The lowest BCUT2D eigenvalue weighted by Crippen LogP contribution is -2.40. The topological polar surface area (TPSA) is 109 Å². The summed E-state index contributed by atoms with van der Waals surface area (Å²) in [4.78, 5) is 32.6. The highest BCUT2D eigenvalue weighted by Crippen LogP contribution is 2.36. The van der Waals surface area contributed by atoms with Crippen LogP contribution in [0.4, 0.5) is 0 Å². The van der Waals surface area contributed by atoms with Crippen LogP contribution in [0.15, 0.2) is 70.1 Å². The van der Waals surface area contributed by atoms with Gasteiger partial charge in [-0.3, -0.25) is 9.36 Å². The van der Waals surface area contributed by atoms with Gasteiger partial charge in [0.25, 0.3) is 5.56 Å². The van der Waals surface area contributed by atoms with Crippen molar-refractivity contribution in [3.63, 3.8) is 0 Å². The zero-order valence-electron chi connectivity index (χ0n) is 23.6. The van der Waals surface area contributed by atoms with Crippen molar-refractivity contribution in [3.05, 3.63) is 96.7 Å². The molecule has 10 heteroatoms. The molecule has 216 valence electrons. The van der Waals surface area contributed by atoms with Crippen molar-refractivity contribution in [1.29, 1.82) is 0 Å². The van der Waals surface area contributed by atoms with E-state index in [9.17, 15) is 14.7 Å². The number of esters is 1. The van der Waals surface area contributed by atoms with Gasteiger partial charge in [-0.25, -0.2) is 9.79 Å². The first kappa shape index (κ1) is 29.8. The number of methoxy groups -OCH3 is 2. The first-order valence-electron chi connectivity index (χ1n) is 13.3. The fourth-order valence-corrected chi connectivity index (χ4v) is 5.66. The summed E-state index contributed by atoms with van der Waals surface area (Å²) in [5, 5.41) is 10.5. The Morgan fingerprint density at radius 3 is 2.66 bits per heavy atom. The third-order valence-corrected chi connectivity index (χ3v) is 7.48. The van der Waals surface area contributed by atoms with Crippen LogP contribution in [-0.4, -0.2) is 49.7 Å². The molecule has 0 saturated heterocycles. The van der Waals surface area contributed by atoms with Gasteiger partial charge in [-0.15, -0.1) is 6.58 Å². The normalized spacial score (nSPS) is 14.8. The molecule has 2 heterocycles. The van der Waals surface area contributed by atoms with Gasteiger partial charge in [0, 0.05) is 18.2 Å². The van der Waals surface area contributed by atoms with Crippen LogP contribution >= 0.6 is 11.3 Å². The van der Waals surface area contributed by atoms with Crippen LogP contribution in [0.3, 0.4) is 0 Å². The molecule has 0 fully saturated rings. The maximum absolute atomic E-state index is 14.0. The van der Waals surface area contributed by atoms with Crippen molar-refractivity contribution in [2.45, 2.75) is 32.7 Å². The van der Waals surface area contributed by atoms with E-state index in [-0.39, 0.29) is 30.1 Å². The monoisotopic (exact) mass is 578 g/mol. The van der Waals surface area contributed by atoms with Crippen LogP contribution in [0, 0.1) is 0 Å². The standard InChI is InChI=1S/C31H34N2O7S/c1-6-10-21-16-20(17-24(38-5)28(21)34)18-25-29(35)33-27(22-11-8-9-12-23(22)39-13-7-2)26(19(3)32-31(33)41-25)30(36)40-15-14-37-4/h6,8-9,11-12,16-18,27,34H,1,7,10,13-15H2,2-5H3/b25-18+/t27-/m0/s1. The number of allylic oxidation sites excluding steroid dienone is 2. The quantitative estimate of drug-likeness (QED) is 0.199. The molecule has 1 atom stereocenters. The summed E-state index contributed by atoms with van der Waals surface area (Å²) in [6.45, 7) is 8.27. The van der Waals surface area contributed by atoms with Gasteiger partial charge in [-0.1, -0.05) is 42.5 Å². The van der Waals surface area contributed by atoms with Gasteiger partial charge in [0.05, 0.1) is 36.1 Å². The predicted molar refractivity (Wildman–Crippen MR) is 157 cm³/mol. The number of carbonyl (C=O) groups is 1. The van der Waals surface area contributed by atoms with E-state index >= 15 is 0 Å². The zero-order valence-corrected chi connectivity index (χ0v) is 24.5. The number of aromatic nitrogens is 1. The Morgan fingerprint density at radius 2 is 1.95 bits per heavy atom. The molecular formula is C31H34N2O7S. The number of fused-ring (bicyclic) bond motifs is 1. The van der Waals surface area contributed by atoms with Gasteiger partial charge in [0.1, 0.15) is 18.4 Å². The Kier molecular flexibility index (Phi) is 9.80. The number of phenolic OH excluding ortho intramolecular Hbond substituents is 1. The summed E-state index contributed by atoms with van der Waals surface area (Å²) in [7, 11) is 3.00. The number of ether oxygens (including phenoxy) is 4. The van der Waals surface area contributed by atoms with Gasteiger partial charge in [-0.2, -0.15) is 0 Å². The minimum atomic E-state index is -0.817. The number of para-hydroxylation sites is 1. The van der Waals surface area contributed by atoms with Crippen molar-refractivity contribution in [2.75, 3.05) is 34.0 Å². The maximum Gasteiger partial charge on any atom is 0.338 e. The Morgan fingerprint density at radius 1 is 1.17 bits per heavy atom. The average Bonchev–Trinajstić information content (AvgIpc) is 3.26. The Balaban J connectivity index is 1.93. The van der Waals surface area contributed by atoms with Crippen LogP contribution in [0.5, 0.6) is 17.2 Å². The molecule has 3 aromatic rings. The second-order valence-corrected chi connectivity index (χ2v) is 10.3. The van der Waals surface area contributed by atoms with E-state index in [4.69, 9.17) is 18.9 Å². The third kappa shape index (κ3) is 6.28. The minimum Gasteiger partial charge on any atom is -0.504 e. The Bertz CT molecular complexity index is 1650. The molecule has 4 rings (SSSR count). The molecule has 0 amide bonds. The Labute approximate surface area is 242 Å². The molecule has 0 saturated carbocycles. The molecule has 0 bridgehead atoms. The van der Waals surface area contributed by atoms with E-state index in [1.807, 2.05) is 31.2 Å². The number of aromatic hydroxyl groups is 1. The summed E-state index contributed by atoms with van der Waals surface area (Å²) in [5.41, 5.74) is 2.33. The van der Waals surface area contributed by atoms with Crippen molar-refractivity contribution in [2.24, 2.45) is 4.99 Å². The number of carbonyl (C=O) groups excluding carboxylic acids is 1. The zero-order chi connectivity index (χ0) is 29.5. The smallest absolute Gasteiger partial charge is 0.338 e. The molecule has 9 nitrogen and oxygen atoms in total. The number of hydrogen-bond donors (Lipinski definition) is 1. The van der Waals surface area contributed by atoms with Gasteiger partial charge in [0.2, 0.25) is 0 Å². The predicted octanol–water partition coefficient (Wildman–Crippen LogP) is 3.66. The number of rotatable bonds is 12. The maximum atomic E-state index is 14.0. The van der Waals surface area contributed by atoms with Crippen LogP contribution in [0.25, 0.3) is 6.08 Å². The highest BCUT2D eigenvalue weighted by atomic mass is 32.1. The lowest BCUT2D eigenvalue weighted by molar-refractivity contribution is -0.140. The summed E-state index contributed by atoms with van der Waals surface area (Å²) in [6, 6.07) is 10.0. The van der Waals surface area contributed by atoms with Crippen molar-refractivity contribution in [1.82, 2.24) is 4.57 Å². The number of thiazole rings is 1. The SMILES string of the molecule is C=CCc1cc(/C=c2/sc3n(c2=O)[C@@H](c2ccccc2OCCC)C(C(=O)OCCOC)=C(C)N=3)cc(OC)c1O. The fourth-order valence-electron chi connectivity index (χ4n) is 4.61. The second kappa shape index (κ2) is 13.5. The Hall–Kier alpha value is -4.15. The van der Waals surface area contributed by atoms with Gasteiger partial charge in [-0.05, 0) is 49.6 Å². The lowest BCUT2D eigenvalue weighted by Gasteiger charge is -2.26. The minimum absolute atomic E-state index is 0.0296. The van der Waals surface area contributed by atoms with Gasteiger partial charge in [0.15, 0.2) is 16.3 Å². The van der Waals surface area contributed by atoms with Crippen molar-refractivity contribution < 1.29 is 28.8 Å². The summed E-state index contributed by atoms with van der Waals surface area (Å²) in [5.74, 6) is 0.315. The first-order valence-corrected chi connectivity index (χ1v) is 14.1. The summed E-state index contributed by atoms with van der Waals surface area (Å²) < 4.78 is 23.9. The van der Waals surface area contributed by atoms with E-state index in [1.54, 1.807) is 31.2 Å². The molecule has 2 aromatic carbocycles. The van der Waals surface area contributed by atoms with Crippen LogP contribution in [0.2, 0.25) is 0 Å². The van der Waals surface area contributed by atoms with Crippen molar-refractivity contribution >= 4 is 23.4 Å². The molecule has 41 heavy (non-hydrogen) atoms. The van der Waals surface area contributed by atoms with E-state index in [1.165, 1.54) is 30.1 Å². The number of benzene rings is 2. The van der Waals surface area contributed by atoms with E-state index in [0.29, 0.717) is 56.2 Å². The summed E-state index contributed by atoms with van der Waals surface area (Å²) >= 11 is 1.21. The largest absolute Gasteiger partial charge is 0.504 e. The molecule has 0 spiro atoms. The van der Waals surface area contributed by atoms with Gasteiger partial charge < -0.3 is 24.1 Å². The molecule has 1 aromatic heterocycles. The van der Waals surface area contributed by atoms with E-state index in [2.05, 4.69) is 11.6 Å². The molecule has 1 aliphatic heterocycles. The molecule has 1 aliphatic rings. The van der Waals surface area contributed by atoms with Crippen molar-refractivity contribution in [3.8, 4) is 17.2 Å². The first-order chi connectivity index (χ1) is 19.8. The molecule has 0 aliphatic carbocycles. The molecule has 1 N–H and O–H groups in total. The average molecular weight is 579 g/mol.